The van der Waals surface area contributed by atoms with Crippen molar-refractivity contribution in [3.05, 3.63) is 24.3 Å². The zero-order valence-corrected chi connectivity index (χ0v) is 16.0. The first-order valence-corrected chi connectivity index (χ1v) is 10.9. The molecule has 1 saturated heterocycles. The molecule has 0 amide bonds. The highest BCUT2D eigenvalue weighted by Gasteiger charge is 2.41. The Morgan fingerprint density at radius 1 is 1.30 bits per heavy atom. The van der Waals surface area contributed by atoms with Crippen LogP contribution < -0.4 is 4.72 Å². The molecule has 5 rings (SSSR count). The number of hydrogen-bond acceptors (Lipinski definition) is 5. The fourth-order valence-corrected chi connectivity index (χ4v) is 5.38. The first kappa shape index (κ1) is 17.1. The third kappa shape index (κ3) is 2.91. The van der Waals surface area contributed by atoms with Gasteiger partial charge >= 0.3 is 0 Å². The zero-order chi connectivity index (χ0) is 18.6. The zero-order valence-electron chi connectivity index (χ0n) is 15.2. The number of nitrogens with zero attached hydrogens (tertiary/aromatic N) is 5. The predicted octanol–water partition coefficient (Wildman–Crippen LogP) is 1.28. The summed E-state index contributed by atoms with van der Waals surface area (Å²) >= 11 is 0. The molecule has 2 fully saturated rings. The van der Waals surface area contributed by atoms with Gasteiger partial charge in [0.2, 0.25) is 0 Å². The summed E-state index contributed by atoms with van der Waals surface area (Å²) in [6, 6.07) is 1.95. The molecule has 3 aromatic rings. The minimum Gasteiger partial charge on any atom is -0.345 e. The normalized spacial score (nSPS) is 24.3. The summed E-state index contributed by atoms with van der Waals surface area (Å²) in [6.07, 6.45) is 6.66. The van der Waals surface area contributed by atoms with Crippen LogP contribution in [0.3, 0.4) is 0 Å². The Labute approximate surface area is 157 Å². The van der Waals surface area contributed by atoms with Gasteiger partial charge in [-0.2, -0.15) is 12.7 Å². The molecule has 0 aromatic carbocycles. The predicted molar refractivity (Wildman–Crippen MR) is 100 cm³/mol. The fraction of sp³-hybridized carbons (Fsp3) is 0.588. The first-order chi connectivity index (χ1) is 13.1. The summed E-state index contributed by atoms with van der Waals surface area (Å²) in [5.41, 5.74) is 2.36. The van der Waals surface area contributed by atoms with Crippen molar-refractivity contribution in [2.45, 2.75) is 32.1 Å². The van der Waals surface area contributed by atoms with E-state index in [0.29, 0.717) is 31.2 Å². The lowest BCUT2D eigenvalue weighted by molar-refractivity contribution is 0.441. The number of hydrogen-bond donors (Lipinski definition) is 2. The third-order valence-corrected chi connectivity index (χ3v) is 7.33. The van der Waals surface area contributed by atoms with E-state index >= 15 is 0 Å². The molecule has 2 N–H and O–H groups in total. The third-order valence-electron chi connectivity index (χ3n) is 5.82. The second kappa shape index (κ2) is 6.25. The van der Waals surface area contributed by atoms with E-state index in [4.69, 9.17) is 0 Å². The van der Waals surface area contributed by atoms with Crippen molar-refractivity contribution in [1.82, 2.24) is 33.6 Å². The SMILES string of the molecule is CC[C@@H]1CN(S(=O)(=O)NCC2CC2)C[C@@H]1c1nnc2cnc3[nH]ccc3n12. The van der Waals surface area contributed by atoms with Gasteiger partial charge in [-0.05, 0) is 30.7 Å². The van der Waals surface area contributed by atoms with E-state index in [1.807, 2.05) is 16.7 Å². The Morgan fingerprint density at radius 2 is 2.15 bits per heavy atom. The number of aromatic nitrogens is 5. The molecule has 4 heterocycles. The number of rotatable bonds is 6. The standard InChI is InChI=1S/C17H23N7O2S/c1-2-12-9-23(27(25,26)20-7-11-3-4-11)10-13(12)17-22-21-15-8-19-16-14(24(15)17)5-6-18-16/h5-6,8,11-13,18,20H,2-4,7,9-10H2,1H3/t12-,13+/m1/s1. The summed E-state index contributed by atoms with van der Waals surface area (Å²) in [5, 5.41) is 8.69. The molecule has 1 aliphatic heterocycles. The Kier molecular flexibility index (Phi) is 3.95. The van der Waals surface area contributed by atoms with Crippen molar-refractivity contribution >= 4 is 27.0 Å². The van der Waals surface area contributed by atoms with Crippen LogP contribution in [0.2, 0.25) is 0 Å². The highest BCUT2D eigenvalue weighted by molar-refractivity contribution is 7.87. The molecule has 0 spiro atoms. The fourth-order valence-electron chi connectivity index (χ4n) is 4.01. The van der Waals surface area contributed by atoms with E-state index < -0.39 is 10.2 Å². The van der Waals surface area contributed by atoms with Gasteiger partial charge in [-0.3, -0.25) is 4.40 Å². The maximum atomic E-state index is 12.7. The summed E-state index contributed by atoms with van der Waals surface area (Å²) in [4.78, 5) is 7.46. The summed E-state index contributed by atoms with van der Waals surface area (Å²) in [6.45, 7) is 3.58. The second-order valence-corrected chi connectivity index (χ2v) is 9.37. The van der Waals surface area contributed by atoms with Crippen molar-refractivity contribution in [2.75, 3.05) is 19.6 Å². The second-order valence-electron chi connectivity index (χ2n) is 7.61. The molecular formula is C17H23N7O2S. The quantitative estimate of drug-likeness (QED) is 0.660. The van der Waals surface area contributed by atoms with Gasteiger partial charge in [-0.25, -0.2) is 9.71 Å². The van der Waals surface area contributed by atoms with Crippen LogP contribution in [-0.4, -0.2) is 56.9 Å². The summed E-state index contributed by atoms with van der Waals surface area (Å²) < 4.78 is 31.8. The monoisotopic (exact) mass is 389 g/mol. The Balaban J connectivity index is 1.49. The number of fused-ring (bicyclic) bond motifs is 3. The van der Waals surface area contributed by atoms with Gasteiger partial charge in [0.1, 0.15) is 5.82 Å². The van der Waals surface area contributed by atoms with Crippen molar-refractivity contribution in [1.29, 1.82) is 0 Å². The lowest BCUT2D eigenvalue weighted by atomic mass is 9.93. The average molecular weight is 389 g/mol. The van der Waals surface area contributed by atoms with Crippen LogP contribution in [0.5, 0.6) is 0 Å². The molecular weight excluding hydrogens is 366 g/mol. The van der Waals surface area contributed by atoms with Crippen LogP contribution in [-0.2, 0) is 10.2 Å². The van der Waals surface area contributed by atoms with Crippen LogP contribution in [0.25, 0.3) is 16.8 Å². The Morgan fingerprint density at radius 3 is 2.93 bits per heavy atom. The Hall–Kier alpha value is -2.04. The van der Waals surface area contributed by atoms with Crippen molar-refractivity contribution in [3.8, 4) is 0 Å². The minimum absolute atomic E-state index is 0.00278. The maximum Gasteiger partial charge on any atom is 0.279 e. The molecule has 0 unspecified atom stereocenters. The molecule has 1 saturated carbocycles. The Bertz CT molecular complexity index is 1090. The van der Waals surface area contributed by atoms with Gasteiger partial charge in [0.15, 0.2) is 11.3 Å². The van der Waals surface area contributed by atoms with E-state index in [1.54, 1.807) is 10.5 Å². The van der Waals surface area contributed by atoms with Gasteiger partial charge in [0, 0.05) is 31.7 Å². The lowest BCUT2D eigenvalue weighted by Crippen LogP contribution is -2.40. The number of aromatic amines is 1. The van der Waals surface area contributed by atoms with E-state index in [1.165, 1.54) is 0 Å². The molecule has 2 atom stereocenters. The highest BCUT2D eigenvalue weighted by atomic mass is 32.2. The van der Waals surface area contributed by atoms with Crippen molar-refractivity contribution in [3.63, 3.8) is 0 Å². The maximum absolute atomic E-state index is 12.7. The van der Waals surface area contributed by atoms with Crippen LogP contribution in [0.1, 0.15) is 37.9 Å². The first-order valence-electron chi connectivity index (χ1n) is 9.48. The van der Waals surface area contributed by atoms with Gasteiger partial charge in [-0.1, -0.05) is 13.3 Å². The number of nitrogens with one attached hydrogen (secondary N) is 2. The van der Waals surface area contributed by atoms with Crippen LogP contribution in [0, 0.1) is 11.8 Å². The van der Waals surface area contributed by atoms with E-state index in [9.17, 15) is 8.42 Å². The summed E-state index contributed by atoms with van der Waals surface area (Å²) in [7, 11) is -3.46. The van der Waals surface area contributed by atoms with Gasteiger partial charge in [0.05, 0.1) is 11.7 Å². The van der Waals surface area contributed by atoms with Crippen molar-refractivity contribution in [2.24, 2.45) is 11.8 Å². The molecule has 1 aliphatic carbocycles. The van der Waals surface area contributed by atoms with E-state index in [-0.39, 0.29) is 11.8 Å². The topological polar surface area (TPSA) is 108 Å². The van der Waals surface area contributed by atoms with Crippen LogP contribution >= 0.6 is 0 Å². The minimum atomic E-state index is -3.46. The smallest absolute Gasteiger partial charge is 0.279 e. The average Bonchev–Trinajstić information content (AvgIpc) is 3.06. The molecule has 2 aliphatic rings. The molecule has 0 radical (unpaired) electrons. The number of H-pyrrole nitrogens is 1. The molecule has 144 valence electrons. The lowest BCUT2D eigenvalue weighted by Gasteiger charge is -2.16. The molecule has 0 bridgehead atoms. The van der Waals surface area contributed by atoms with E-state index in [2.05, 4.69) is 31.8 Å². The molecule has 27 heavy (non-hydrogen) atoms. The van der Waals surface area contributed by atoms with Crippen LogP contribution in [0.4, 0.5) is 0 Å². The van der Waals surface area contributed by atoms with Crippen LogP contribution in [0.15, 0.2) is 18.5 Å². The highest BCUT2D eigenvalue weighted by Crippen LogP contribution is 2.36. The molecule has 3 aromatic heterocycles. The van der Waals surface area contributed by atoms with Gasteiger partial charge in [-0.15, -0.1) is 10.2 Å². The molecule has 10 heteroatoms. The van der Waals surface area contributed by atoms with Crippen molar-refractivity contribution < 1.29 is 8.42 Å². The largest absolute Gasteiger partial charge is 0.345 e. The summed E-state index contributed by atoms with van der Waals surface area (Å²) in [5.74, 6) is 1.53. The van der Waals surface area contributed by atoms with Gasteiger partial charge in [0.25, 0.3) is 10.2 Å². The molecule has 9 nitrogen and oxygen atoms in total. The van der Waals surface area contributed by atoms with E-state index in [0.717, 1.165) is 36.3 Å². The van der Waals surface area contributed by atoms with Gasteiger partial charge < -0.3 is 4.98 Å².